The number of hydrogen-bond donors (Lipinski definition) is 1. The number of ether oxygens (including phenoxy) is 2. The van der Waals surface area contributed by atoms with Crippen molar-refractivity contribution in [2.75, 3.05) is 33.7 Å². The number of methoxy groups -OCH3 is 2. The first-order valence-corrected chi connectivity index (χ1v) is 7.46. The third kappa shape index (κ3) is 4.07. The third-order valence-corrected chi connectivity index (χ3v) is 3.60. The van der Waals surface area contributed by atoms with Crippen molar-refractivity contribution in [3.63, 3.8) is 0 Å². The van der Waals surface area contributed by atoms with Gasteiger partial charge < -0.3 is 14.8 Å². The predicted octanol–water partition coefficient (Wildman–Crippen LogP) is 2.59. The van der Waals surface area contributed by atoms with Crippen molar-refractivity contribution < 1.29 is 23.9 Å². The maximum Gasteiger partial charge on any atom is 0.277 e. The zero-order chi connectivity index (χ0) is 18.4. The Morgan fingerprint density at radius 2 is 1.64 bits per heavy atom. The van der Waals surface area contributed by atoms with Gasteiger partial charge in [0.05, 0.1) is 26.9 Å². The predicted molar refractivity (Wildman–Crippen MR) is 93.0 cm³/mol. The summed E-state index contributed by atoms with van der Waals surface area (Å²) in [5, 5.41) is 3.88. The van der Waals surface area contributed by atoms with E-state index in [1.807, 2.05) is 0 Å². The summed E-state index contributed by atoms with van der Waals surface area (Å²) in [5.41, 5.74) is 1.34. The van der Waals surface area contributed by atoms with Gasteiger partial charge in [-0.15, -0.1) is 0 Å². The number of rotatable bonds is 6. The van der Waals surface area contributed by atoms with Crippen molar-refractivity contribution in [3.8, 4) is 11.5 Å². The van der Waals surface area contributed by atoms with Crippen LogP contribution < -0.4 is 14.8 Å². The minimum Gasteiger partial charge on any atom is -0.493 e. The van der Waals surface area contributed by atoms with Crippen molar-refractivity contribution in [1.29, 1.82) is 0 Å². The van der Waals surface area contributed by atoms with Crippen LogP contribution in [-0.4, -0.2) is 45.3 Å². The SMILES string of the molecule is COc1cccc(C(=O)Nc2ccc(C(=O)N(C)OC)cc2)c1OC. The van der Waals surface area contributed by atoms with Crippen LogP contribution in [0.4, 0.5) is 5.69 Å². The molecule has 2 aromatic carbocycles. The normalized spacial score (nSPS) is 10.1. The molecule has 0 spiro atoms. The molecule has 2 aromatic rings. The molecule has 2 amide bonds. The molecule has 132 valence electrons. The molecule has 0 saturated carbocycles. The highest BCUT2D eigenvalue weighted by Crippen LogP contribution is 2.31. The van der Waals surface area contributed by atoms with Gasteiger partial charge in [-0.1, -0.05) is 6.07 Å². The lowest BCUT2D eigenvalue weighted by atomic mass is 10.1. The van der Waals surface area contributed by atoms with Crippen molar-refractivity contribution in [2.45, 2.75) is 0 Å². The Bertz CT molecular complexity index is 759. The van der Waals surface area contributed by atoms with Gasteiger partial charge in [-0.05, 0) is 36.4 Å². The summed E-state index contributed by atoms with van der Waals surface area (Å²) in [7, 11) is 5.91. The average molecular weight is 344 g/mol. The molecule has 0 unspecified atom stereocenters. The molecule has 0 aromatic heterocycles. The largest absolute Gasteiger partial charge is 0.493 e. The Kier molecular flexibility index (Phi) is 5.97. The molecule has 0 aliphatic carbocycles. The van der Waals surface area contributed by atoms with Gasteiger partial charge >= 0.3 is 0 Å². The summed E-state index contributed by atoms with van der Waals surface area (Å²) < 4.78 is 10.5. The van der Waals surface area contributed by atoms with Gasteiger partial charge in [0.1, 0.15) is 0 Å². The van der Waals surface area contributed by atoms with Crippen molar-refractivity contribution in [3.05, 3.63) is 53.6 Å². The minimum absolute atomic E-state index is 0.283. The lowest BCUT2D eigenvalue weighted by Gasteiger charge is -2.14. The summed E-state index contributed by atoms with van der Waals surface area (Å²) >= 11 is 0. The van der Waals surface area contributed by atoms with Gasteiger partial charge in [0.15, 0.2) is 11.5 Å². The van der Waals surface area contributed by atoms with Crippen LogP contribution >= 0.6 is 0 Å². The van der Waals surface area contributed by atoms with Gasteiger partial charge in [-0.2, -0.15) is 0 Å². The van der Waals surface area contributed by atoms with Gasteiger partial charge in [-0.3, -0.25) is 14.4 Å². The first-order valence-electron chi connectivity index (χ1n) is 7.46. The second kappa shape index (κ2) is 8.16. The summed E-state index contributed by atoms with van der Waals surface area (Å²) in [5.74, 6) is 0.202. The number of benzene rings is 2. The third-order valence-electron chi connectivity index (χ3n) is 3.60. The molecule has 0 atom stereocenters. The van der Waals surface area contributed by atoms with Crippen LogP contribution in [0.15, 0.2) is 42.5 Å². The number of hydrogen-bond acceptors (Lipinski definition) is 5. The highest BCUT2D eigenvalue weighted by Gasteiger charge is 2.17. The van der Waals surface area contributed by atoms with Gasteiger partial charge in [0.2, 0.25) is 0 Å². The second-order valence-corrected chi connectivity index (χ2v) is 5.06. The Labute approximate surface area is 146 Å². The fourth-order valence-electron chi connectivity index (χ4n) is 2.23. The van der Waals surface area contributed by atoms with Gasteiger partial charge in [-0.25, -0.2) is 5.06 Å². The maximum absolute atomic E-state index is 12.5. The lowest BCUT2D eigenvalue weighted by Crippen LogP contribution is -2.25. The quantitative estimate of drug-likeness (QED) is 0.815. The molecular weight excluding hydrogens is 324 g/mol. The number of hydroxylamine groups is 2. The number of anilines is 1. The van der Waals surface area contributed by atoms with Crippen LogP contribution in [0, 0.1) is 0 Å². The van der Waals surface area contributed by atoms with Gasteiger partial charge in [0.25, 0.3) is 11.8 Å². The fourth-order valence-corrected chi connectivity index (χ4v) is 2.23. The van der Waals surface area contributed by atoms with E-state index in [1.165, 1.54) is 28.4 Å². The minimum atomic E-state index is -0.344. The number of nitrogens with one attached hydrogen (secondary N) is 1. The molecule has 1 N–H and O–H groups in total. The van der Waals surface area contributed by atoms with E-state index < -0.39 is 0 Å². The molecule has 7 nitrogen and oxygen atoms in total. The molecule has 0 radical (unpaired) electrons. The Morgan fingerprint density at radius 1 is 0.960 bits per heavy atom. The molecule has 7 heteroatoms. The lowest BCUT2D eigenvalue weighted by molar-refractivity contribution is -0.0756. The van der Waals surface area contributed by atoms with Crippen LogP contribution in [-0.2, 0) is 4.84 Å². The summed E-state index contributed by atoms with van der Waals surface area (Å²) in [6.07, 6.45) is 0. The molecule has 0 heterocycles. The number of nitrogens with zero attached hydrogens (tertiary/aromatic N) is 1. The number of para-hydroxylation sites is 1. The van der Waals surface area contributed by atoms with E-state index in [4.69, 9.17) is 14.3 Å². The summed E-state index contributed by atoms with van der Waals surface area (Å²) in [6, 6.07) is 11.6. The molecule has 25 heavy (non-hydrogen) atoms. The zero-order valence-electron chi connectivity index (χ0n) is 14.5. The van der Waals surface area contributed by atoms with Crippen LogP contribution in [0.5, 0.6) is 11.5 Å². The van der Waals surface area contributed by atoms with Crippen LogP contribution in [0.2, 0.25) is 0 Å². The highest BCUT2D eigenvalue weighted by molar-refractivity contribution is 6.07. The Balaban J connectivity index is 2.18. The van der Waals surface area contributed by atoms with E-state index in [-0.39, 0.29) is 11.8 Å². The van der Waals surface area contributed by atoms with E-state index in [1.54, 1.807) is 42.5 Å². The number of carbonyl (C=O) groups excluding carboxylic acids is 2. The molecule has 0 saturated heterocycles. The maximum atomic E-state index is 12.5. The first-order chi connectivity index (χ1) is 12.0. The van der Waals surface area contributed by atoms with E-state index in [0.29, 0.717) is 28.3 Å². The molecule has 0 aliphatic rings. The summed E-state index contributed by atoms with van der Waals surface area (Å²) in [4.78, 5) is 29.3. The summed E-state index contributed by atoms with van der Waals surface area (Å²) in [6.45, 7) is 0. The standard InChI is InChI=1S/C18H20N2O5/c1-20(25-4)18(22)12-8-10-13(11-9-12)19-17(21)14-6-5-7-15(23-2)16(14)24-3/h5-11H,1-4H3,(H,19,21). The smallest absolute Gasteiger partial charge is 0.277 e. The van der Waals surface area contributed by atoms with Crippen LogP contribution in [0.3, 0.4) is 0 Å². The van der Waals surface area contributed by atoms with E-state index in [0.717, 1.165) is 5.06 Å². The molecule has 0 fully saturated rings. The highest BCUT2D eigenvalue weighted by atomic mass is 16.7. The van der Waals surface area contributed by atoms with Gasteiger partial charge in [0, 0.05) is 18.3 Å². The molecule has 2 rings (SSSR count). The molecule has 0 bridgehead atoms. The van der Waals surface area contributed by atoms with E-state index in [9.17, 15) is 9.59 Å². The van der Waals surface area contributed by atoms with Crippen molar-refractivity contribution in [1.82, 2.24) is 5.06 Å². The Morgan fingerprint density at radius 3 is 2.20 bits per heavy atom. The second-order valence-electron chi connectivity index (χ2n) is 5.06. The Hall–Kier alpha value is -3.06. The number of carbonyl (C=O) groups is 2. The zero-order valence-corrected chi connectivity index (χ0v) is 14.5. The topological polar surface area (TPSA) is 77.1 Å². The van der Waals surface area contributed by atoms with E-state index >= 15 is 0 Å². The first kappa shape index (κ1) is 18.3. The monoisotopic (exact) mass is 344 g/mol. The average Bonchev–Trinajstić information content (AvgIpc) is 2.66. The molecular formula is C18H20N2O5. The van der Waals surface area contributed by atoms with Crippen molar-refractivity contribution in [2.24, 2.45) is 0 Å². The van der Waals surface area contributed by atoms with Crippen LogP contribution in [0.25, 0.3) is 0 Å². The van der Waals surface area contributed by atoms with E-state index in [2.05, 4.69) is 5.32 Å². The van der Waals surface area contributed by atoms with Crippen LogP contribution in [0.1, 0.15) is 20.7 Å². The molecule has 0 aliphatic heterocycles. The van der Waals surface area contributed by atoms with Crippen molar-refractivity contribution >= 4 is 17.5 Å². The fraction of sp³-hybridized carbons (Fsp3) is 0.222. The number of amides is 2.